The number of hydrogen-bond donors (Lipinski definition) is 1. The zero-order chi connectivity index (χ0) is 24.6. The molecular weight excluding hydrogens is 400 g/mol. The second-order valence-corrected chi connectivity index (χ2v) is 6.13. The summed E-state index contributed by atoms with van der Waals surface area (Å²) in [4.78, 5) is 11.4. The molecule has 1 atom stereocenters. The molecule has 0 aliphatic rings. The Bertz CT molecular complexity index is 722. The van der Waals surface area contributed by atoms with Crippen molar-refractivity contribution in [1.82, 2.24) is 0 Å². The number of aliphatic hydroxyl groups excluding tert-OH is 1. The number of aliphatic hydroxyl groups is 1. The molecule has 0 saturated carbocycles. The number of carbonyl (C=O) groups excluding carboxylic acids is 1. The SMILES string of the molecule is CC.CC.CCC.COCC(O)COC(=O)c1ccccc1.c1ccc2ccccc2c1. The molecule has 0 aliphatic heterocycles. The highest BCUT2D eigenvalue weighted by Crippen LogP contribution is 2.11. The van der Waals surface area contributed by atoms with Gasteiger partial charge in [-0.3, -0.25) is 0 Å². The first-order valence-electron chi connectivity index (χ1n) is 11.4. The average Bonchev–Trinajstić information content (AvgIpc) is 2.87. The predicted octanol–water partition coefficient (Wildman–Crippen LogP) is 7.16. The van der Waals surface area contributed by atoms with Gasteiger partial charge in [-0.05, 0) is 22.9 Å². The molecule has 4 heteroatoms. The summed E-state index contributed by atoms with van der Waals surface area (Å²) in [6.07, 6.45) is 0.475. The van der Waals surface area contributed by atoms with Crippen molar-refractivity contribution in [1.29, 1.82) is 0 Å². The lowest BCUT2D eigenvalue weighted by atomic mass is 10.1. The maximum absolute atomic E-state index is 11.4. The van der Waals surface area contributed by atoms with Crippen molar-refractivity contribution in [3.63, 3.8) is 0 Å². The molecule has 4 nitrogen and oxygen atoms in total. The summed E-state index contributed by atoms with van der Waals surface area (Å²) in [6, 6.07) is 25.3. The Morgan fingerprint density at radius 3 is 1.50 bits per heavy atom. The molecule has 0 heterocycles. The Balaban J connectivity index is 0. The molecule has 0 bridgehead atoms. The van der Waals surface area contributed by atoms with Crippen LogP contribution in [0, 0.1) is 0 Å². The third kappa shape index (κ3) is 15.2. The van der Waals surface area contributed by atoms with Crippen molar-refractivity contribution in [3.8, 4) is 0 Å². The number of ether oxygens (including phenoxy) is 2. The van der Waals surface area contributed by atoms with Gasteiger partial charge in [-0.1, -0.05) is 115 Å². The molecule has 1 N–H and O–H groups in total. The van der Waals surface area contributed by atoms with Crippen molar-refractivity contribution in [3.05, 3.63) is 84.4 Å². The standard InChI is InChI=1S/C11H14O4.C10H8.C3H8.2C2H6/c1-14-7-10(12)8-15-11(13)9-5-3-2-4-6-9;1-2-6-10-8-4-3-7-9(10)5-1;1-3-2;2*1-2/h2-6,10,12H,7-8H2,1H3;1-8H;3H2,1-2H3;2*1-2H3. The minimum absolute atomic E-state index is 0.0540. The number of rotatable bonds is 5. The molecule has 0 spiro atoms. The highest BCUT2D eigenvalue weighted by Gasteiger charge is 2.09. The highest BCUT2D eigenvalue weighted by molar-refractivity contribution is 5.89. The van der Waals surface area contributed by atoms with Crippen LogP contribution in [0.25, 0.3) is 10.8 Å². The van der Waals surface area contributed by atoms with Gasteiger partial charge < -0.3 is 14.6 Å². The van der Waals surface area contributed by atoms with Crippen molar-refractivity contribution < 1.29 is 19.4 Å². The number of fused-ring (bicyclic) bond motifs is 1. The highest BCUT2D eigenvalue weighted by atomic mass is 16.5. The number of hydrogen-bond acceptors (Lipinski definition) is 4. The fraction of sp³-hybridized carbons (Fsp3) is 0.393. The van der Waals surface area contributed by atoms with Crippen LogP contribution in [-0.4, -0.2) is 37.5 Å². The maximum atomic E-state index is 11.4. The summed E-state index contributed by atoms with van der Waals surface area (Å²) in [7, 11) is 1.47. The molecule has 0 saturated heterocycles. The van der Waals surface area contributed by atoms with Crippen LogP contribution in [-0.2, 0) is 9.47 Å². The van der Waals surface area contributed by atoms with E-state index in [4.69, 9.17) is 9.47 Å². The first kappa shape index (κ1) is 31.5. The Morgan fingerprint density at radius 2 is 1.12 bits per heavy atom. The molecule has 3 aromatic rings. The van der Waals surface area contributed by atoms with Gasteiger partial charge in [0.2, 0.25) is 0 Å². The van der Waals surface area contributed by atoms with Crippen LogP contribution in [0.2, 0.25) is 0 Å². The van der Waals surface area contributed by atoms with E-state index < -0.39 is 12.1 Å². The second kappa shape index (κ2) is 23.0. The minimum atomic E-state index is -0.775. The van der Waals surface area contributed by atoms with Gasteiger partial charge in [-0.15, -0.1) is 0 Å². The Kier molecular flexibility index (Phi) is 22.6. The third-order valence-electron chi connectivity index (χ3n) is 3.43. The zero-order valence-corrected chi connectivity index (χ0v) is 20.9. The summed E-state index contributed by atoms with van der Waals surface area (Å²) in [6.45, 7) is 12.4. The van der Waals surface area contributed by atoms with E-state index in [0.29, 0.717) is 5.56 Å². The fourth-order valence-corrected chi connectivity index (χ4v) is 2.20. The van der Waals surface area contributed by atoms with Gasteiger partial charge in [-0.2, -0.15) is 0 Å². The van der Waals surface area contributed by atoms with E-state index in [1.165, 1.54) is 24.3 Å². The van der Waals surface area contributed by atoms with Gasteiger partial charge >= 0.3 is 5.97 Å². The molecule has 0 fully saturated rings. The number of methoxy groups -OCH3 is 1. The van der Waals surface area contributed by atoms with E-state index in [-0.39, 0.29) is 13.2 Å². The van der Waals surface area contributed by atoms with Gasteiger partial charge in [-0.25, -0.2) is 4.79 Å². The van der Waals surface area contributed by atoms with E-state index >= 15 is 0 Å². The van der Waals surface area contributed by atoms with Crippen LogP contribution < -0.4 is 0 Å². The van der Waals surface area contributed by atoms with Gasteiger partial charge in [0, 0.05) is 7.11 Å². The molecule has 0 aliphatic carbocycles. The summed E-state index contributed by atoms with van der Waals surface area (Å²) in [5, 5.41) is 11.9. The molecule has 3 aromatic carbocycles. The smallest absolute Gasteiger partial charge is 0.338 e. The molecule has 0 amide bonds. The minimum Gasteiger partial charge on any atom is -0.459 e. The largest absolute Gasteiger partial charge is 0.459 e. The van der Waals surface area contributed by atoms with Crippen LogP contribution in [0.4, 0.5) is 0 Å². The molecule has 0 radical (unpaired) electrons. The van der Waals surface area contributed by atoms with E-state index in [9.17, 15) is 9.90 Å². The van der Waals surface area contributed by atoms with Crippen LogP contribution in [0.5, 0.6) is 0 Å². The Labute approximate surface area is 195 Å². The van der Waals surface area contributed by atoms with Crippen LogP contribution in [0.15, 0.2) is 78.9 Å². The topological polar surface area (TPSA) is 55.8 Å². The summed E-state index contributed by atoms with van der Waals surface area (Å²) in [5.41, 5.74) is 0.474. The number of esters is 1. The molecule has 178 valence electrons. The first-order valence-corrected chi connectivity index (χ1v) is 11.4. The molecule has 32 heavy (non-hydrogen) atoms. The lowest BCUT2D eigenvalue weighted by Gasteiger charge is -2.09. The van der Waals surface area contributed by atoms with E-state index in [2.05, 4.69) is 62.4 Å². The Hall–Kier alpha value is -2.69. The maximum Gasteiger partial charge on any atom is 0.338 e. The van der Waals surface area contributed by atoms with E-state index in [0.717, 1.165) is 0 Å². The van der Waals surface area contributed by atoms with Crippen LogP contribution >= 0.6 is 0 Å². The van der Waals surface area contributed by atoms with Gasteiger partial charge in [0.05, 0.1) is 12.2 Å². The average molecular weight is 443 g/mol. The monoisotopic (exact) mass is 442 g/mol. The Morgan fingerprint density at radius 1 is 0.750 bits per heavy atom. The van der Waals surface area contributed by atoms with Gasteiger partial charge in [0.1, 0.15) is 12.7 Å². The van der Waals surface area contributed by atoms with Crippen molar-refractivity contribution in [2.45, 2.75) is 54.1 Å². The lowest BCUT2D eigenvalue weighted by Crippen LogP contribution is -2.23. The van der Waals surface area contributed by atoms with Crippen molar-refractivity contribution >= 4 is 16.7 Å². The summed E-state index contributed by atoms with van der Waals surface area (Å²) >= 11 is 0. The molecule has 1 unspecified atom stereocenters. The predicted molar refractivity (Wildman–Crippen MR) is 137 cm³/mol. The third-order valence-corrected chi connectivity index (χ3v) is 3.43. The first-order chi connectivity index (χ1) is 15.6. The number of benzene rings is 3. The van der Waals surface area contributed by atoms with Gasteiger partial charge in [0.25, 0.3) is 0 Å². The lowest BCUT2D eigenvalue weighted by molar-refractivity contribution is 0.000141. The van der Waals surface area contributed by atoms with Crippen molar-refractivity contribution in [2.24, 2.45) is 0 Å². The van der Waals surface area contributed by atoms with E-state index in [1.54, 1.807) is 24.3 Å². The van der Waals surface area contributed by atoms with Crippen LogP contribution in [0.3, 0.4) is 0 Å². The van der Waals surface area contributed by atoms with Crippen LogP contribution in [0.1, 0.15) is 58.3 Å². The quantitative estimate of drug-likeness (QED) is 0.426. The number of carbonyl (C=O) groups is 1. The fourth-order valence-electron chi connectivity index (χ4n) is 2.20. The molecule has 0 aromatic heterocycles. The van der Waals surface area contributed by atoms with Crippen molar-refractivity contribution in [2.75, 3.05) is 20.3 Å². The molecule has 3 rings (SSSR count). The normalized spacial score (nSPS) is 9.75. The second-order valence-electron chi connectivity index (χ2n) is 6.13. The van der Waals surface area contributed by atoms with Gasteiger partial charge in [0.15, 0.2) is 0 Å². The van der Waals surface area contributed by atoms with E-state index in [1.807, 2.05) is 33.8 Å². The summed E-state index contributed by atoms with van der Waals surface area (Å²) in [5.74, 6) is -0.439. The summed E-state index contributed by atoms with van der Waals surface area (Å²) < 4.78 is 9.57. The molecular formula is C28H42O4. The zero-order valence-electron chi connectivity index (χ0n) is 20.9.